The third-order valence-corrected chi connectivity index (χ3v) is 4.82. The van der Waals surface area contributed by atoms with Crippen LogP contribution in [0.3, 0.4) is 0 Å². The Balaban J connectivity index is 2.14. The first-order valence-corrected chi connectivity index (χ1v) is 7.89. The summed E-state index contributed by atoms with van der Waals surface area (Å²) >= 11 is 0. The van der Waals surface area contributed by atoms with E-state index in [-0.39, 0.29) is 27.4 Å². The van der Waals surface area contributed by atoms with Gasteiger partial charge < -0.3 is 9.47 Å². The number of hydrogen-bond donors (Lipinski definition) is 0. The molecule has 2 aromatic rings. The molecular formula is C15H13FO4S. The summed E-state index contributed by atoms with van der Waals surface area (Å²) in [6.07, 6.45) is -0.0482. The van der Waals surface area contributed by atoms with Gasteiger partial charge in [0.15, 0.2) is 0 Å². The van der Waals surface area contributed by atoms with E-state index in [1.807, 2.05) is 13.8 Å². The molecule has 1 heterocycles. The topological polar surface area (TPSA) is 52.6 Å². The van der Waals surface area contributed by atoms with E-state index in [1.54, 1.807) is 6.07 Å². The molecule has 0 aliphatic carbocycles. The minimum Gasteiger partial charge on any atom is -0.491 e. The highest BCUT2D eigenvalue weighted by Crippen LogP contribution is 2.44. The highest BCUT2D eigenvalue weighted by molar-refractivity contribution is 7.91. The lowest BCUT2D eigenvalue weighted by molar-refractivity contribution is 0.241. The smallest absolute Gasteiger partial charge is 0.213 e. The number of rotatable bonds is 2. The van der Waals surface area contributed by atoms with Gasteiger partial charge in [0, 0.05) is 12.1 Å². The number of benzene rings is 2. The molecule has 0 spiro atoms. The van der Waals surface area contributed by atoms with Gasteiger partial charge in [0.25, 0.3) is 0 Å². The van der Waals surface area contributed by atoms with Crippen LogP contribution in [0.15, 0.2) is 46.2 Å². The molecule has 0 fully saturated rings. The summed E-state index contributed by atoms with van der Waals surface area (Å²) in [6, 6.07) is 7.89. The van der Waals surface area contributed by atoms with Crippen molar-refractivity contribution in [1.29, 1.82) is 0 Å². The summed E-state index contributed by atoms with van der Waals surface area (Å²) in [5.74, 6) is 0.0798. The molecule has 0 amide bonds. The number of ether oxygens (including phenoxy) is 2. The van der Waals surface area contributed by atoms with Gasteiger partial charge in [0.1, 0.15) is 32.9 Å². The van der Waals surface area contributed by atoms with E-state index in [1.165, 1.54) is 18.2 Å². The molecule has 0 aromatic heterocycles. The van der Waals surface area contributed by atoms with E-state index in [9.17, 15) is 12.8 Å². The van der Waals surface area contributed by atoms with Crippen molar-refractivity contribution in [3.05, 3.63) is 42.2 Å². The molecule has 1 aliphatic heterocycles. The number of halogens is 1. The van der Waals surface area contributed by atoms with Crippen molar-refractivity contribution in [2.75, 3.05) is 0 Å². The standard InChI is InChI=1S/C15H13FO4S/c1-9(2)19-11-4-6-15-13(8-11)20-12-7-10(16)3-5-14(12)21(15,17)18/h3-9H,1-2H3. The quantitative estimate of drug-likeness (QED) is 0.679. The van der Waals surface area contributed by atoms with E-state index in [0.29, 0.717) is 5.75 Å². The Kier molecular flexibility index (Phi) is 3.13. The van der Waals surface area contributed by atoms with Crippen LogP contribution < -0.4 is 9.47 Å². The summed E-state index contributed by atoms with van der Waals surface area (Å²) in [5.41, 5.74) is 0. The Hall–Kier alpha value is -2.08. The first-order valence-electron chi connectivity index (χ1n) is 6.41. The van der Waals surface area contributed by atoms with E-state index >= 15 is 0 Å². The van der Waals surface area contributed by atoms with Crippen molar-refractivity contribution in [3.63, 3.8) is 0 Å². The summed E-state index contributed by atoms with van der Waals surface area (Å²) in [5, 5.41) is 0. The Labute approximate surface area is 122 Å². The molecule has 1 aliphatic rings. The zero-order valence-corrected chi connectivity index (χ0v) is 12.3. The third-order valence-electron chi connectivity index (χ3n) is 2.99. The lowest BCUT2D eigenvalue weighted by atomic mass is 10.3. The SMILES string of the molecule is CC(C)Oc1ccc2c(c1)Oc1cc(F)ccc1S2(=O)=O. The lowest BCUT2D eigenvalue weighted by Gasteiger charge is -2.21. The second-order valence-electron chi connectivity index (χ2n) is 4.97. The van der Waals surface area contributed by atoms with Crippen molar-refractivity contribution in [2.45, 2.75) is 29.7 Å². The van der Waals surface area contributed by atoms with Crippen LogP contribution in [0.2, 0.25) is 0 Å². The fourth-order valence-electron chi connectivity index (χ4n) is 2.16. The van der Waals surface area contributed by atoms with Crippen LogP contribution in [0.25, 0.3) is 0 Å². The maximum absolute atomic E-state index is 13.3. The summed E-state index contributed by atoms with van der Waals surface area (Å²) in [6.45, 7) is 3.73. The first-order chi connectivity index (χ1) is 9.88. The molecule has 0 N–H and O–H groups in total. The van der Waals surface area contributed by atoms with Gasteiger partial charge in [-0.2, -0.15) is 0 Å². The predicted octanol–water partition coefficient (Wildman–Crippen LogP) is 3.55. The van der Waals surface area contributed by atoms with Gasteiger partial charge in [-0.25, -0.2) is 12.8 Å². The summed E-state index contributed by atoms with van der Waals surface area (Å²) < 4.78 is 49.3. The van der Waals surface area contributed by atoms with Gasteiger partial charge in [-0.05, 0) is 38.1 Å². The summed E-state index contributed by atoms with van der Waals surface area (Å²) in [4.78, 5) is 0.0200. The van der Waals surface area contributed by atoms with Crippen LogP contribution in [-0.4, -0.2) is 14.5 Å². The Bertz CT molecular complexity index is 812. The molecule has 6 heteroatoms. The minimum atomic E-state index is -3.71. The number of fused-ring (bicyclic) bond motifs is 2. The molecule has 0 atom stereocenters. The summed E-state index contributed by atoms with van der Waals surface area (Å²) in [7, 11) is -3.71. The Morgan fingerprint density at radius 1 is 1.05 bits per heavy atom. The van der Waals surface area contributed by atoms with Crippen LogP contribution >= 0.6 is 0 Å². The van der Waals surface area contributed by atoms with Gasteiger partial charge in [-0.15, -0.1) is 0 Å². The van der Waals surface area contributed by atoms with Gasteiger partial charge in [0.05, 0.1) is 6.10 Å². The molecule has 0 saturated carbocycles. The van der Waals surface area contributed by atoms with Crippen LogP contribution in [0.5, 0.6) is 17.2 Å². The molecule has 2 aromatic carbocycles. The maximum atomic E-state index is 13.3. The van der Waals surface area contributed by atoms with Crippen LogP contribution in [0, 0.1) is 5.82 Å². The zero-order valence-electron chi connectivity index (χ0n) is 11.5. The van der Waals surface area contributed by atoms with Crippen molar-refractivity contribution in [3.8, 4) is 17.2 Å². The number of hydrogen-bond acceptors (Lipinski definition) is 4. The van der Waals surface area contributed by atoms with E-state index in [2.05, 4.69) is 0 Å². The molecule has 0 radical (unpaired) electrons. The molecule has 110 valence electrons. The molecular weight excluding hydrogens is 295 g/mol. The largest absolute Gasteiger partial charge is 0.491 e. The van der Waals surface area contributed by atoms with Gasteiger partial charge in [0.2, 0.25) is 9.84 Å². The maximum Gasteiger partial charge on any atom is 0.213 e. The monoisotopic (exact) mass is 308 g/mol. The molecule has 4 nitrogen and oxygen atoms in total. The zero-order chi connectivity index (χ0) is 15.2. The van der Waals surface area contributed by atoms with Gasteiger partial charge >= 0.3 is 0 Å². The highest BCUT2D eigenvalue weighted by Gasteiger charge is 2.32. The molecule has 21 heavy (non-hydrogen) atoms. The Morgan fingerprint density at radius 3 is 2.33 bits per heavy atom. The Morgan fingerprint density at radius 2 is 1.67 bits per heavy atom. The lowest BCUT2D eigenvalue weighted by Crippen LogP contribution is -2.12. The average Bonchev–Trinajstić information content (AvgIpc) is 2.36. The fourth-order valence-corrected chi connectivity index (χ4v) is 3.62. The van der Waals surface area contributed by atoms with Crippen LogP contribution in [-0.2, 0) is 9.84 Å². The second kappa shape index (κ2) is 4.73. The molecule has 3 rings (SSSR count). The molecule has 0 unspecified atom stereocenters. The number of sulfone groups is 1. The van der Waals surface area contributed by atoms with E-state index in [4.69, 9.17) is 9.47 Å². The van der Waals surface area contributed by atoms with Crippen molar-refractivity contribution in [2.24, 2.45) is 0 Å². The van der Waals surface area contributed by atoms with E-state index in [0.717, 1.165) is 12.1 Å². The van der Waals surface area contributed by atoms with E-state index < -0.39 is 15.7 Å². The van der Waals surface area contributed by atoms with Crippen molar-refractivity contribution < 1.29 is 22.3 Å². The van der Waals surface area contributed by atoms with Gasteiger partial charge in [-0.1, -0.05) is 0 Å². The normalized spacial score (nSPS) is 15.0. The van der Waals surface area contributed by atoms with Gasteiger partial charge in [-0.3, -0.25) is 0 Å². The molecule has 0 bridgehead atoms. The van der Waals surface area contributed by atoms with Crippen molar-refractivity contribution >= 4 is 9.84 Å². The highest BCUT2D eigenvalue weighted by atomic mass is 32.2. The minimum absolute atomic E-state index is 0.0100. The fraction of sp³-hybridized carbons (Fsp3) is 0.200. The average molecular weight is 308 g/mol. The van der Waals surface area contributed by atoms with Crippen molar-refractivity contribution in [1.82, 2.24) is 0 Å². The first kappa shape index (κ1) is 13.9. The predicted molar refractivity (Wildman–Crippen MR) is 74.1 cm³/mol. The van der Waals surface area contributed by atoms with Crippen LogP contribution in [0.1, 0.15) is 13.8 Å². The third kappa shape index (κ3) is 2.35. The second-order valence-corrected chi connectivity index (χ2v) is 6.86. The molecule has 0 saturated heterocycles. The van der Waals surface area contributed by atoms with Crippen LogP contribution in [0.4, 0.5) is 4.39 Å².